The molecule has 0 aliphatic rings. The molecule has 0 saturated carbocycles. The summed E-state index contributed by atoms with van der Waals surface area (Å²) in [5.74, 6) is 1.19. The average Bonchev–Trinajstić information content (AvgIpc) is 2.95. The fourth-order valence-corrected chi connectivity index (χ4v) is 2.67. The van der Waals surface area contributed by atoms with Gasteiger partial charge in [-0.1, -0.05) is 22.9 Å². The highest BCUT2D eigenvalue weighted by molar-refractivity contribution is 9.10. The number of benzene rings is 1. The Morgan fingerprint density at radius 1 is 1.29 bits per heavy atom. The van der Waals surface area contributed by atoms with Crippen molar-refractivity contribution in [2.75, 3.05) is 14.2 Å². The highest BCUT2D eigenvalue weighted by Gasteiger charge is 2.19. The quantitative estimate of drug-likeness (QED) is 0.865. The minimum absolute atomic E-state index is 0.579. The number of ether oxygens (including phenoxy) is 2. The number of aryl methyl sites for hydroxylation is 1. The molecule has 1 unspecified atom stereocenters. The number of hydrogen-bond donors (Lipinski definition) is 1. The third-order valence-corrected chi connectivity index (χ3v) is 3.91. The molecule has 0 saturated heterocycles. The van der Waals surface area contributed by atoms with Gasteiger partial charge in [0.25, 0.3) is 0 Å². The number of halogens is 1. The maximum atomic E-state index is 10.6. The summed E-state index contributed by atoms with van der Waals surface area (Å²) in [7, 11) is 3.15. The Morgan fingerprint density at radius 2 is 1.95 bits per heavy atom. The van der Waals surface area contributed by atoms with Crippen LogP contribution in [0.1, 0.15) is 30.6 Å². The highest BCUT2D eigenvalue weighted by atomic mass is 79.9. The first-order valence-corrected chi connectivity index (χ1v) is 7.51. The second kappa shape index (κ2) is 6.95. The van der Waals surface area contributed by atoms with Crippen molar-refractivity contribution in [1.82, 2.24) is 9.78 Å². The van der Waals surface area contributed by atoms with E-state index in [1.165, 1.54) is 0 Å². The van der Waals surface area contributed by atoms with Crippen molar-refractivity contribution in [3.8, 4) is 11.5 Å². The largest absolute Gasteiger partial charge is 0.493 e. The second-order valence-corrected chi connectivity index (χ2v) is 5.52. The molecule has 2 aromatic rings. The van der Waals surface area contributed by atoms with E-state index in [0.717, 1.165) is 23.0 Å². The summed E-state index contributed by atoms with van der Waals surface area (Å²) in [5, 5.41) is 14.8. The predicted octanol–water partition coefficient (Wildman–Crippen LogP) is 3.15. The van der Waals surface area contributed by atoms with E-state index in [0.29, 0.717) is 17.1 Å². The number of hydrogen-bond acceptors (Lipinski definition) is 4. The molecule has 1 atom stereocenters. The summed E-state index contributed by atoms with van der Waals surface area (Å²) in [4.78, 5) is 0. The van der Waals surface area contributed by atoms with Crippen molar-refractivity contribution >= 4 is 15.9 Å². The van der Waals surface area contributed by atoms with Crippen molar-refractivity contribution in [3.63, 3.8) is 0 Å². The minimum Gasteiger partial charge on any atom is -0.493 e. The summed E-state index contributed by atoms with van der Waals surface area (Å²) < 4.78 is 13.1. The lowest BCUT2D eigenvalue weighted by atomic mass is 10.0. The Labute approximate surface area is 132 Å². The van der Waals surface area contributed by atoms with Crippen LogP contribution in [0.3, 0.4) is 0 Å². The maximum absolute atomic E-state index is 10.6. The lowest BCUT2D eigenvalue weighted by Crippen LogP contribution is -2.02. The summed E-state index contributed by atoms with van der Waals surface area (Å²) in [6.07, 6.45) is 3.77. The summed E-state index contributed by atoms with van der Waals surface area (Å²) in [6.45, 7) is 2.92. The van der Waals surface area contributed by atoms with Gasteiger partial charge in [-0.2, -0.15) is 5.10 Å². The Balaban J connectivity index is 2.35. The van der Waals surface area contributed by atoms with E-state index in [1.807, 2.05) is 10.9 Å². The molecule has 0 radical (unpaired) electrons. The fourth-order valence-electron chi connectivity index (χ4n) is 2.13. The van der Waals surface area contributed by atoms with Crippen LogP contribution in [0.15, 0.2) is 29.0 Å². The van der Waals surface area contributed by atoms with Crippen LogP contribution in [0.4, 0.5) is 0 Å². The number of methoxy groups -OCH3 is 2. The lowest BCUT2D eigenvalue weighted by Gasteiger charge is -2.15. The Bertz CT molecular complexity index is 613. The molecular weight excluding hydrogens is 336 g/mol. The van der Waals surface area contributed by atoms with E-state index in [4.69, 9.17) is 9.47 Å². The molecule has 0 spiro atoms. The normalized spacial score (nSPS) is 12.2. The molecule has 1 aromatic heterocycles. The first kappa shape index (κ1) is 15.9. The van der Waals surface area contributed by atoms with Gasteiger partial charge in [0.1, 0.15) is 6.10 Å². The Hall–Kier alpha value is -1.53. The van der Waals surface area contributed by atoms with E-state index in [1.54, 1.807) is 32.5 Å². The minimum atomic E-state index is -0.773. The average molecular weight is 355 g/mol. The van der Waals surface area contributed by atoms with Gasteiger partial charge in [-0.05, 0) is 18.6 Å². The molecular formula is C15H19BrN2O3. The molecule has 114 valence electrons. The molecule has 2 rings (SSSR count). The fraction of sp³-hybridized carbons (Fsp3) is 0.400. The molecule has 0 aliphatic carbocycles. The number of aromatic nitrogens is 2. The van der Waals surface area contributed by atoms with Gasteiger partial charge in [-0.25, -0.2) is 0 Å². The SMILES string of the molecule is CCCn1cc(C(O)c2cc(OC)c(OC)cc2Br)cn1. The van der Waals surface area contributed by atoms with Crippen LogP contribution in [-0.2, 0) is 6.54 Å². The van der Waals surface area contributed by atoms with Gasteiger partial charge in [-0.3, -0.25) is 4.68 Å². The van der Waals surface area contributed by atoms with Crippen molar-refractivity contribution < 1.29 is 14.6 Å². The molecule has 21 heavy (non-hydrogen) atoms. The highest BCUT2D eigenvalue weighted by Crippen LogP contribution is 2.37. The van der Waals surface area contributed by atoms with Gasteiger partial charge in [0.05, 0.1) is 20.4 Å². The molecule has 0 fully saturated rings. The molecule has 5 nitrogen and oxygen atoms in total. The second-order valence-electron chi connectivity index (χ2n) is 4.67. The number of aliphatic hydroxyl groups is 1. The van der Waals surface area contributed by atoms with E-state index >= 15 is 0 Å². The smallest absolute Gasteiger partial charge is 0.161 e. The van der Waals surface area contributed by atoms with Gasteiger partial charge in [-0.15, -0.1) is 0 Å². The van der Waals surface area contributed by atoms with Gasteiger partial charge >= 0.3 is 0 Å². The van der Waals surface area contributed by atoms with E-state index in [-0.39, 0.29) is 0 Å². The van der Waals surface area contributed by atoms with Crippen LogP contribution in [0.2, 0.25) is 0 Å². The third-order valence-electron chi connectivity index (χ3n) is 3.22. The zero-order chi connectivity index (χ0) is 15.4. The maximum Gasteiger partial charge on any atom is 0.161 e. The summed E-state index contributed by atoms with van der Waals surface area (Å²) in [6, 6.07) is 3.55. The zero-order valence-electron chi connectivity index (χ0n) is 12.3. The topological polar surface area (TPSA) is 56.5 Å². The standard InChI is InChI=1S/C15H19BrN2O3/c1-4-5-18-9-10(8-17-18)15(19)11-6-13(20-2)14(21-3)7-12(11)16/h6-9,15,19H,4-5H2,1-3H3. The molecule has 0 aliphatic heterocycles. The van der Waals surface area contributed by atoms with Crippen molar-refractivity contribution in [2.24, 2.45) is 0 Å². The molecule has 6 heteroatoms. The van der Waals surface area contributed by atoms with Crippen LogP contribution in [-0.4, -0.2) is 29.1 Å². The molecule has 0 bridgehead atoms. The number of aliphatic hydroxyl groups excluding tert-OH is 1. The van der Waals surface area contributed by atoms with Crippen molar-refractivity contribution in [3.05, 3.63) is 40.1 Å². The third kappa shape index (κ3) is 3.39. The van der Waals surface area contributed by atoms with E-state index in [2.05, 4.69) is 28.0 Å². The summed E-state index contributed by atoms with van der Waals surface area (Å²) >= 11 is 3.46. The lowest BCUT2D eigenvalue weighted by molar-refractivity contribution is 0.218. The van der Waals surface area contributed by atoms with Crippen LogP contribution < -0.4 is 9.47 Å². The van der Waals surface area contributed by atoms with Gasteiger partial charge in [0.15, 0.2) is 11.5 Å². The van der Waals surface area contributed by atoms with E-state index in [9.17, 15) is 5.11 Å². The van der Waals surface area contributed by atoms with Crippen LogP contribution in [0, 0.1) is 0 Å². The van der Waals surface area contributed by atoms with Gasteiger partial charge in [0, 0.05) is 28.3 Å². The first-order valence-electron chi connectivity index (χ1n) is 6.72. The molecule has 1 N–H and O–H groups in total. The van der Waals surface area contributed by atoms with Crippen LogP contribution in [0.25, 0.3) is 0 Å². The monoisotopic (exact) mass is 354 g/mol. The first-order chi connectivity index (χ1) is 10.1. The van der Waals surface area contributed by atoms with E-state index < -0.39 is 6.10 Å². The van der Waals surface area contributed by atoms with Gasteiger partial charge < -0.3 is 14.6 Å². The van der Waals surface area contributed by atoms with Crippen LogP contribution in [0.5, 0.6) is 11.5 Å². The molecule has 1 aromatic carbocycles. The van der Waals surface area contributed by atoms with Crippen molar-refractivity contribution in [2.45, 2.75) is 26.0 Å². The number of rotatable bonds is 6. The van der Waals surface area contributed by atoms with Crippen molar-refractivity contribution in [1.29, 1.82) is 0 Å². The van der Waals surface area contributed by atoms with Crippen LogP contribution >= 0.6 is 15.9 Å². The zero-order valence-corrected chi connectivity index (χ0v) is 13.9. The predicted molar refractivity (Wildman–Crippen MR) is 83.8 cm³/mol. The molecule has 0 amide bonds. The molecule has 1 heterocycles. The van der Waals surface area contributed by atoms with Gasteiger partial charge in [0.2, 0.25) is 0 Å². The number of nitrogens with zero attached hydrogens (tertiary/aromatic N) is 2. The summed E-state index contributed by atoms with van der Waals surface area (Å²) in [5.41, 5.74) is 1.46. The Kier molecular flexibility index (Phi) is 5.25. The Morgan fingerprint density at radius 3 is 2.57 bits per heavy atom.